The molecule has 1 rings (SSSR count). The van der Waals surface area contributed by atoms with Crippen LogP contribution in [0.3, 0.4) is 0 Å². The summed E-state index contributed by atoms with van der Waals surface area (Å²) in [7, 11) is 0. The molecule has 0 aliphatic carbocycles. The van der Waals surface area contributed by atoms with E-state index < -0.39 is 5.97 Å². The first-order valence-corrected chi connectivity index (χ1v) is 5.25. The van der Waals surface area contributed by atoms with Crippen LogP contribution < -0.4 is 4.90 Å². The van der Waals surface area contributed by atoms with Gasteiger partial charge in [-0.1, -0.05) is 6.07 Å². The SMILES string of the molecule is CCN(CCCO)c1cccc(C(=O)O)n1. The number of rotatable bonds is 6. The maximum atomic E-state index is 10.8. The molecule has 0 aliphatic rings. The zero-order valence-electron chi connectivity index (χ0n) is 9.26. The summed E-state index contributed by atoms with van der Waals surface area (Å²) < 4.78 is 0. The van der Waals surface area contributed by atoms with Gasteiger partial charge in [-0.3, -0.25) is 0 Å². The Morgan fingerprint density at radius 3 is 2.81 bits per heavy atom. The molecule has 0 radical (unpaired) electrons. The lowest BCUT2D eigenvalue weighted by Gasteiger charge is -2.21. The molecule has 5 nitrogen and oxygen atoms in total. The largest absolute Gasteiger partial charge is 0.477 e. The van der Waals surface area contributed by atoms with Crippen LogP contribution in [0.2, 0.25) is 0 Å². The van der Waals surface area contributed by atoms with Crippen molar-refractivity contribution in [1.29, 1.82) is 0 Å². The van der Waals surface area contributed by atoms with E-state index in [-0.39, 0.29) is 12.3 Å². The molecule has 0 unspecified atom stereocenters. The standard InChI is InChI=1S/C11H16N2O3/c1-2-13(7-4-8-14)10-6-3-5-9(12-10)11(15)16/h3,5-6,14H,2,4,7-8H2,1H3,(H,15,16). The fraction of sp³-hybridized carbons (Fsp3) is 0.455. The number of aliphatic hydroxyl groups excluding tert-OH is 1. The van der Waals surface area contributed by atoms with E-state index in [4.69, 9.17) is 10.2 Å². The summed E-state index contributed by atoms with van der Waals surface area (Å²) in [5.74, 6) is -0.393. The second-order valence-electron chi connectivity index (χ2n) is 3.34. The van der Waals surface area contributed by atoms with Crippen molar-refractivity contribution in [2.45, 2.75) is 13.3 Å². The molecule has 1 aromatic rings. The molecule has 88 valence electrons. The van der Waals surface area contributed by atoms with Gasteiger partial charge < -0.3 is 15.1 Å². The third kappa shape index (κ3) is 3.20. The number of pyridine rings is 1. The van der Waals surface area contributed by atoms with Crippen LogP contribution in [0.1, 0.15) is 23.8 Å². The molecule has 2 N–H and O–H groups in total. The lowest BCUT2D eigenvalue weighted by atomic mass is 10.3. The molecule has 1 aromatic heterocycles. The van der Waals surface area contributed by atoms with E-state index in [0.717, 1.165) is 6.54 Å². The Bertz CT molecular complexity index is 355. The molecule has 0 saturated carbocycles. The second-order valence-corrected chi connectivity index (χ2v) is 3.34. The van der Waals surface area contributed by atoms with E-state index in [2.05, 4.69) is 4.98 Å². The van der Waals surface area contributed by atoms with Crippen molar-refractivity contribution < 1.29 is 15.0 Å². The Hall–Kier alpha value is -1.62. The summed E-state index contributed by atoms with van der Waals surface area (Å²) in [5, 5.41) is 17.6. The van der Waals surface area contributed by atoms with Gasteiger partial charge in [0.2, 0.25) is 0 Å². The Kier molecular flexibility index (Phi) is 4.72. The van der Waals surface area contributed by atoms with Gasteiger partial charge in [-0.15, -0.1) is 0 Å². The Morgan fingerprint density at radius 2 is 2.25 bits per heavy atom. The van der Waals surface area contributed by atoms with Crippen molar-refractivity contribution >= 4 is 11.8 Å². The Balaban J connectivity index is 2.83. The van der Waals surface area contributed by atoms with Crippen LogP contribution in [-0.4, -0.2) is 40.9 Å². The van der Waals surface area contributed by atoms with E-state index >= 15 is 0 Å². The van der Waals surface area contributed by atoms with Gasteiger partial charge in [0.1, 0.15) is 5.82 Å². The van der Waals surface area contributed by atoms with Gasteiger partial charge in [-0.05, 0) is 25.5 Å². The minimum absolute atomic E-state index is 0.0416. The normalized spacial score (nSPS) is 10.1. The number of carbonyl (C=O) groups is 1. The summed E-state index contributed by atoms with van der Waals surface area (Å²) in [5.41, 5.74) is 0.0416. The highest BCUT2D eigenvalue weighted by Crippen LogP contribution is 2.11. The van der Waals surface area contributed by atoms with Crippen molar-refractivity contribution in [3.05, 3.63) is 23.9 Å². The first kappa shape index (κ1) is 12.4. The zero-order valence-corrected chi connectivity index (χ0v) is 9.26. The molecule has 0 aromatic carbocycles. The summed E-state index contributed by atoms with van der Waals surface area (Å²) in [6.45, 7) is 3.49. The minimum atomic E-state index is -1.03. The van der Waals surface area contributed by atoms with Crippen LogP contribution in [-0.2, 0) is 0 Å². The lowest BCUT2D eigenvalue weighted by Crippen LogP contribution is -2.26. The van der Waals surface area contributed by atoms with Gasteiger partial charge in [0.25, 0.3) is 0 Å². The number of aliphatic hydroxyl groups is 1. The predicted molar refractivity (Wildman–Crippen MR) is 60.8 cm³/mol. The molecule has 0 spiro atoms. The molecule has 0 aliphatic heterocycles. The highest BCUT2D eigenvalue weighted by molar-refractivity contribution is 5.85. The Labute approximate surface area is 94.4 Å². The quantitative estimate of drug-likeness (QED) is 0.753. The second kappa shape index (κ2) is 6.07. The molecular weight excluding hydrogens is 208 g/mol. The van der Waals surface area contributed by atoms with E-state index in [9.17, 15) is 4.79 Å². The van der Waals surface area contributed by atoms with Crippen molar-refractivity contribution in [2.24, 2.45) is 0 Å². The van der Waals surface area contributed by atoms with Crippen molar-refractivity contribution in [3.63, 3.8) is 0 Å². The molecule has 1 heterocycles. The third-order valence-corrected chi connectivity index (χ3v) is 2.25. The third-order valence-electron chi connectivity index (χ3n) is 2.25. The maximum Gasteiger partial charge on any atom is 0.354 e. The number of hydrogen-bond acceptors (Lipinski definition) is 4. The monoisotopic (exact) mass is 224 g/mol. The minimum Gasteiger partial charge on any atom is -0.477 e. The fourth-order valence-electron chi connectivity index (χ4n) is 1.41. The van der Waals surface area contributed by atoms with Gasteiger partial charge in [0.15, 0.2) is 5.69 Å². The van der Waals surface area contributed by atoms with Crippen LogP contribution in [0.15, 0.2) is 18.2 Å². The van der Waals surface area contributed by atoms with E-state index in [0.29, 0.717) is 18.8 Å². The number of nitrogens with zero attached hydrogens (tertiary/aromatic N) is 2. The molecule has 0 saturated heterocycles. The smallest absolute Gasteiger partial charge is 0.354 e. The van der Waals surface area contributed by atoms with Crippen molar-refractivity contribution in [1.82, 2.24) is 4.98 Å². The van der Waals surface area contributed by atoms with E-state index in [1.807, 2.05) is 11.8 Å². The number of hydrogen-bond donors (Lipinski definition) is 2. The van der Waals surface area contributed by atoms with Crippen LogP contribution in [0.5, 0.6) is 0 Å². The average Bonchev–Trinajstić information content (AvgIpc) is 2.30. The number of aromatic nitrogens is 1. The Morgan fingerprint density at radius 1 is 1.50 bits per heavy atom. The topological polar surface area (TPSA) is 73.7 Å². The summed E-state index contributed by atoms with van der Waals surface area (Å²) in [6.07, 6.45) is 0.646. The highest BCUT2D eigenvalue weighted by Gasteiger charge is 2.09. The van der Waals surface area contributed by atoms with Gasteiger partial charge in [-0.2, -0.15) is 0 Å². The van der Waals surface area contributed by atoms with Crippen LogP contribution in [0.4, 0.5) is 5.82 Å². The van der Waals surface area contributed by atoms with Crippen molar-refractivity contribution in [3.8, 4) is 0 Å². The van der Waals surface area contributed by atoms with Gasteiger partial charge in [-0.25, -0.2) is 9.78 Å². The predicted octanol–water partition coefficient (Wildman–Crippen LogP) is 0.989. The molecule has 5 heteroatoms. The summed E-state index contributed by atoms with van der Waals surface area (Å²) in [4.78, 5) is 16.7. The van der Waals surface area contributed by atoms with Crippen LogP contribution in [0, 0.1) is 0 Å². The molecule has 0 atom stereocenters. The molecular formula is C11H16N2O3. The molecule has 16 heavy (non-hydrogen) atoms. The fourth-order valence-corrected chi connectivity index (χ4v) is 1.41. The summed E-state index contributed by atoms with van der Waals surface area (Å²) >= 11 is 0. The highest BCUT2D eigenvalue weighted by atomic mass is 16.4. The van der Waals surface area contributed by atoms with E-state index in [1.165, 1.54) is 6.07 Å². The van der Waals surface area contributed by atoms with Gasteiger partial charge in [0, 0.05) is 19.7 Å². The van der Waals surface area contributed by atoms with Crippen LogP contribution in [0.25, 0.3) is 0 Å². The van der Waals surface area contributed by atoms with Crippen LogP contribution >= 0.6 is 0 Å². The first-order valence-electron chi connectivity index (χ1n) is 5.25. The summed E-state index contributed by atoms with van der Waals surface area (Å²) in [6, 6.07) is 4.91. The molecule has 0 fully saturated rings. The van der Waals surface area contributed by atoms with Gasteiger partial charge >= 0.3 is 5.97 Å². The van der Waals surface area contributed by atoms with E-state index in [1.54, 1.807) is 12.1 Å². The maximum absolute atomic E-state index is 10.8. The number of carboxylic acids is 1. The first-order chi connectivity index (χ1) is 7.69. The number of aromatic carboxylic acids is 1. The lowest BCUT2D eigenvalue weighted by molar-refractivity contribution is 0.0690. The molecule has 0 amide bonds. The zero-order chi connectivity index (χ0) is 12.0. The number of anilines is 1. The number of carboxylic acid groups (broad SMARTS) is 1. The van der Waals surface area contributed by atoms with Crippen molar-refractivity contribution in [2.75, 3.05) is 24.6 Å². The average molecular weight is 224 g/mol. The molecule has 0 bridgehead atoms. The van der Waals surface area contributed by atoms with Gasteiger partial charge in [0.05, 0.1) is 0 Å².